The summed E-state index contributed by atoms with van der Waals surface area (Å²) in [6.45, 7) is 2.32. The maximum atomic E-state index is 13.0. The molecule has 0 saturated carbocycles. The average molecular weight is 611 g/mol. The van der Waals surface area contributed by atoms with Crippen LogP contribution in [0.2, 0.25) is 0 Å². The number of ketones is 2. The summed E-state index contributed by atoms with van der Waals surface area (Å²) in [6.07, 6.45) is 0.0566. The van der Waals surface area contributed by atoms with Gasteiger partial charge in [0.25, 0.3) is 0 Å². The Morgan fingerprint density at radius 1 is 0.581 bits per heavy atom. The third-order valence-corrected chi connectivity index (χ3v) is 6.73. The molecule has 2 amide bonds. The van der Waals surface area contributed by atoms with E-state index in [9.17, 15) is 28.8 Å². The Kier molecular flexibility index (Phi) is 13.4. The highest BCUT2D eigenvalue weighted by molar-refractivity contribution is 7.99. The van der Waals surface area contributed by atoms with Gasteiger partial charge in [-0.2, -0.15) is 0 Å². The average Bonchev–Trinajstić information content (AvgIpc) is 2.96. The van der Waals surface area contributed by atoms with Crippen molar-refractivity contribution in [1.29, 1.82) is 0 Å². The number of amides is 2. The number of benzene rings is 2. The Hall–Kier alpha value is -4.65. The SMILES string of the molecule is CC(=O)ON=C(CCC(=O)N(C)C)C(=O)c1ccc(Sc2ccc(C(=O)C(CCC(=O)N(C)C)=NOC(C)=O)cc2)cc1. The lowest BCUT2D eigenvalue weighted by Crippen LogP contribution is -2.24. The van der Waals surface area contributed by atoms with Crippen molar-refractivity contribution in [3.63, 3.8) is 0 Å². The van der Waals surface area contributed by atoms with Gasteiger partial charge in [0.2, 0.25) is 23.4 Å². The quantitative estimate of drug-likeness (QED) is 0.135. The van der Waals surface area contributed by atoms with Crippen LogP contribution in [0.5, 0.6) is 0 Å². The third kappa shape index (κ3) is 11.6. The number of carbonyl (C=O) groups is 6. The minimum Gasteiger partial charge on any atom is -0.349 e. The van der Waals surface area contributed by atoms with E-state index in [1.54, 1.807) is 76.7 Å². The molecular weight excluding hydrogens is 576 g/mol. The van der Waals surface area contributed by atoms with Gasteiger partial charge < -0.3 is 19.5 Å². The number of hydrogen-bond acceptors (Lipinski definition) is 11. The van der Waals surface area contributed by atoms with Crippen LogP contribution in [0.15, 0.2) is 68.6 Å². The van der Waals surface area contributed by atoms with Gasteiger partial charge in [0.15, 0.2) is 0 Å². The number of Topliss-reactive ketones (excluding diaryl/α,β-unsaturated/α-hetero) is 2. The van der Waals surface area contributed by atoms with E-state index in [-0.39, 0.29) is 48.9 Å². The van der Waals surface area contributed by atoms with Crippen molar-refractivity contribution in [2.24, 2.45) is 10.3 Å². The van der Waals surface area contributed by atoms with E-state index >= 15 is 0 Å². The summed E-state index contributed by atoms with van der Waals surface area (Å²) in [5, 5.41) is 7.33. The van der Waals surface area contributed by atoms with E-state index in [1.807, 2.05) is 0 Å². The Bertz CT molecular complexity index is 1310. The first-order valence-electron chi connectivity index (χ1n) is 13.1. The lowest BCUT2D eigenvalue weighted by molar-refractivity contribution is -0.141. The summed E-state index contributed by atoms with van der Waals surface area (Å²) in [4.78, 5) is 86.2. The maximum absolute atomic E-state index is 13.0. The van der Waals surface area contributed by atoms with Crippen LogP contribution >= 0.6 is 11.8 Å². The highest BCUT2D eigenvalue weighted by atomic mass is 32.2. The van der Waals surface area contributed by atoms with Gasteiger partial charge in [-0.1, -0.05) is 22.1 Å². The standard InChI is InChI=1S/C30H34N4O8S/c1-19(35)41-31-25(15-17-27(37)33(3)4)29(39)21-7-11-23(12-8-21)43-24-13-9-22(10-14-24)30(40)26(32-42-20(2)36)16-18-28(38)34(5)6/h7-14H,15-18H2,1-6H3. The molecule has 0 aliphatic heterocycles. The predicted octanol–water partition coefficient (Wildman–Crippen LogP) is 3.78. The molecule has 0 fully saturated rings. The Morgan fingerprint density at radius 2 is 0.907 bits per heavy atom. The minimum absolute atomic E-state index is 0.00393. The third-order valence-electron chi connectivity index (χ3n) is 5.71. The van der Waals surface area contributed by atoms with Gasteiger partial charge in [-0.3, -0.25) is 19.2 Å². The van der Waals surface area contributed by atoms with Gasteiger partial charge in [0.1, 0.15) is 11.4 Å². The van der Waals surface area contributed by atoms with Gasteiger partial charge in [-0.15, -0.1) is 0 Å². The lowest BCUT2D eigenvalue weighted by atomic mass is 10.0. The fourth-order valence-corrected chi connectivity index (χ4v) is 4.17. The Morgan fingerprint density at radius 3 is 1.19 bits per heavy atom. The molecule has 0 saturated heterocycles. The van der Waals surface area contributed by atoms with Crippen LogP contribution in [-0.2, 0) is 28.9 Å². The van der Waals surface area contributed by atoms with Crippen LogP contribution < -0.4 is 0 Å². The summed E-state index contributed by atoms with van der Waals surface area (Å²) in [5.41, 5.74) is 0.518. The molecule has 0 aromatic heterocycles. The molecule has 228 valence electrons. The van der Waals surface area contributed by atoms with E-state index in [0.29, 0.717) is 11.1 Å². The van der Waals surface area contributed by atoms with Crippen LogP contribution in [0.25, 0.3) is 0 Å². The van der Waals surface area contributed by atoms with Crippen molar-refractivity contribution >= 4 is 58.5 Å². The van der Waals surface area contributed by atoms with Crippen molar-refractivity contribution < 1.29 is 38.4 Å². The molecule has 0 heterocycles. The fourth-order valence-electron chi connectivity index (χ4n) is 3.36. The molecule has 0 atom stereocenters. The summed E-state index contributed by atoms with van der Waals surface area (Å²) in [5.74, 6) is -2.70. The molecule has 0 spiro atoms. The molecule has 0 N–H and O–H groups in total. The highest BCUT2D eigenvalue weighted by Gasteiger charge is 2.20. The first-order chi connectivity index (χ1) is 20.3. The smallest absolute Gasteiger partial charge is 0.331 e. The molecule has 13 heteroatoms. The van der Waals surface area contributed by atoms with Crippen LogP contribution in [0.1, 0.15) is 60.2 Å². The molecule has 0 bridgehead atoms. The number of nitrogens with zero attached hydrogens (tertiary/aromatic N) is 4. The number of carbonyl (C=O) groups excluding carboxylic acids is 6. The van der Waals surface area contributed by atoms with Crippen LogP contribution in [0.3, 0.4) is 0 Å². The second-order valence-electron chi connectivity index (χ2n) is 9.63. The van der Waals surface area contributed by atoms with Crippen molar-refractivity contribution in [3.8, 4) is 0 Å². The van der Waals surface area contributed by atoms with Crippen LogP contribution in [0, 0.1) is 0 Å². The zero-order valence-electron chi connectivity index (χ0n) is 24.9. The van der Waals surface area contributed by atoms with E-state index in [1.165, 1.54) is 21.6 Å². The molecule has 12 nitrogen and oxygen atoms in total. The van der Waals surface area contributed by atoms with Crippen LogP contribution in [0.4, 0.5) is 0 Å². The monoisotopic (exact) mass is 610 g/mol. The largest absolute Gasteiger partial charge is 0.349 e. The summed E-state index contributed by atoms with van der Waals surface area (Å²) >= 11 is 1.39. The first kappa shape index (κ1) is 34.6. The van der Waals surface area contributed by atoms with Crippen molar-refractivity contribution in [1.82, 2.24) is 9.80 Å². The Labute approximate surface area is 254 Å². The van der Waals surface area contributed by atoms with Crippen LogP contribution in [-0.4, -0.2) is 84.7 Å². The number of rotatable bonds is 14. The normalized spacial score (nSPS) is 11.4. The molecule has 0 unspecified atom stereocenters. The summed E-state index contributed by atoms with van der Waals surface area (Å²) < 4.78 is 0. The van der Waals surface area contributed by atoms with E-state index in [4.69, 9.17) is 0 Å². The summed E-state index contributed by atoms with van der Waals surface area (Å²) in [6, 6.07) is 13.3. The van der Waals surface area contributed by atoms with Crippen molar-refractivity contribution in [2.75, 3.05) is 28.2 Å². The summed E-state index contributed by atoms with van der Waals surface area (Å²) in [7, 11) is 6.40. The number of oxime groups is 2. The molecule has 2 rings (SSSR count). The van der Waals surface area contributed by atoms with Gasteiger partial charge >= 0.3 is 11.9 Å². The highest BCUT2D eigenvalue weighted by Crippen LogP contribution is 2.28. The molecular formula is C30H34N4O8S. The Balaban J connectivity index is 2.13. The second kappa shape index (κ2) is 16.7. The minimum atomic E-state index is -0.684. The second-order valence-corrected chi connectivity index (χ2v) is 10.8. The zero-order valence-corrected chi connectivity index (χ0v) is 25.7. The molecule has 2 aromatic rings. The molecule has 0 aliphatic carbocycles. The molecule has 2 aromatic carbocycles. The number of hydrogen-bond donors (Lipinski definition) is 0. The van der Waals surface area contributed by atoms with Gasteiger partial charge in [0.05, 0.1) is 0 Å². The first-order valence-corrected chi connectivity index (χ1v) is 14.0. The van der Waals surface area contributed by atoms with E-state index in [2.05, 4.69) is 20.0 Å². The maximum Gasteiger partial charge on any atom is 0.331 e. The van der Waals surface area contributed by atoms with E-state index in [0.717, 1.165) is 23.6 Å². The van der Waals surface area contributed by atoms with Gasteiger partial charge in [0, 0.05) is 88.6 Å². The van der Waals surface area contributed by atoms with Crippen molar-refractivity contribution in [3.05, 3.63) is 59.7 Å². The fraction of sp³-hybridized carbons (Fsp3) is 0.333. The van der Waals surface area contributed by atoms with Crippen molar-refractivity contribution in [2.45, 2.75) is 49.3 Å². The van der Waals surface area contributed by atoms with Gasteiger partial charge in [-0.05, 0) is 48.5 Å². The molecule has 0 aliphatic rings. The predicted molar refractivity (Wildman–Crippen MR) is 160 cm³/mol. The molecule has 0 radical (unpaired) electrons. The van der Waals surface area contributed by atoms with E-state index < -0.39 is 23.5 Å². The zero-order chi connectivity index (χ0) is 32.1. The lowest BCUT2D eigenvalue weighted by Gasteiger charge is -2.11. The molecule has 43 heavy (non-hydrogen) atoms. The van der Waals surface area contributed by atoms with Gasteiger partial charge in [-0.25, -0.2) is 9.59 Å². The topological polar surface area (TPSA) is 152 Å².